The van der Waals surface area contributed by atoms with Crippen LogP contribution in [0.1, 0.15) is 0 Å². The molecule has 2 N–H and O–H groups in total. The van der Waals surface area contributed by atoms with E-state index in [0.717, 1.165) is 4.47 Å². The highest BCUT2D eigenvalue weighted by Gasteiger charge is 2.07. The minimum atomic E-state index is -0.262. The Bertz CT molecular complexity index is 511. The number of rotatable bonds is 2. The van der Waals surface area contributed by atoms with Gasteiger partial charge in [0, 0.05) is 4.47 Å². The molecular weight excluding hydrogens is 272 g/mol. The van der Waals surface area contributed by atoms with Crippen LogP contribution < -0.4 is 4.74 Å². The van der Waals surface area contributed by atoms with Gasteiger partial charge < -0.3 is 14.9 Å². The molecule has 16 heavy (non-hydrogen) atoms. The fourth-order valence-corrected chi connectivity index (χ4v) is 1.63. The molecule has 0 fully saturated rings. The lowest BCUT2D eigenvalue weighted by atomic mass is 10.3. The molecule has 0 aliphatic carbocycles. The second kappa shape index (κ2) is 4.45. The number of hydrogen-bond acceptors (Lipinski definition) is 3. The van der Waals surface area contributed by atoms with Crippen LogP contribution in [0.5, 0.6) is 23.0 Å². The summed E-state index contributed by atoms with van der Waals surface area (Å²) in [4.78, 5) is 0. The SMILES string of the molecule is Oc1cccc(Oc2cccc(Br)c2)c1O. The second-order valence-corrected chi connectivity index (χ2v) is 4.10. The molecule has 3 nitrogen and oxygen atoms in total. The van der Waals surface area contributed by atoms with E-state index in [4.69, 9.17) is 4.74 Å². The Kier molecular flexibility index (Phi) is 3.01. The number of benzene rings is 2. The molecule has 0 amide bonds. The third-order valence-electron chi connectivity index (χ3n) is 2.00. The van der Waals surface area contributed by atoms with Crippen LogP contribution in [-0.2, 0) is 0 Å². The molecule has 0 radical (unpaired) electrons. The van der Waals surface area contributed by atoms with E-state index < -0.39 is 0 Å². The Morgan fingerprint density at radius 1 is 1.00 bits per heavy atom. The fraction of sp³-hybridized carbons (Fsp3) is 0. The van der Waals surface area contributed by atoms with Crippen LogP contribution in [0.25, 0.3) is 0 Å². The van der Waals surface area contributed by atoms with Crippen LogP contribution in [-0.4, -0.2) is 10.2 Å². The van der Waals surface area contributed by atoms with Crippen LogP contribution in [0.15, 0.2) is 46.9 Å². The molecule has 2 aromatic rings. The molecule has 0 saturated heterocycles. The molecule has 4 heteroatoms. The van der Waals surface area contributed by atoms with Crippen molar-refractivity contribution >= 4 is 15.9 Å². The van der Waals surface area contributed by atoms with Crippen LogP contribution in [0.3, 0.4) is 0 Å². The van der Waals surface area contributed by atoms with Crippen molar-refractivity contribution in [2.45, 2.75) is 0 Å². The summed E-state index contributed by atoms with van der Waals surface area (Å²) in [5.74, 6) is 0.336. The summed E-state index contributed by atoms with van der Waals surface area (Å²) < 4.78 is 6.31. The number of halogens is 1. The van der Waals surface area contributed by atoms with Crippen molar-refractivity contribution in [2.24, 2.45) is 0 Å². The lowest BCUT2D eigenvalue weighted by Crippen LogP contribution is -1.84. The largest absolute Gasteiger partial charge is 0.504 e. The fourth-order valence-electron chi connectivity index (χ4n) is 1.25. The van der Waals surface area contributed by atoms with E-state index in [-0.39, 0.29) is 17.2 Å². The molecule has 0 bridgehead atoms. The van der Waals surface area contributed by atoms with E-state index in [1.807, 2.05) is 12.1 Å². The Hall–Kier alpha value is -1.68. The van der Waals surface area contributed by atoms with Gasteiger partial charge in [0.05, 0.1) is 0 Å². The molecule has 0 aromatic heterocycles. The predicted octanol–water partition coefficient (Wildman–Crippen LogP) is 3.65. The van der Waals surface area contributed by atoms with Crippen molar-refractivity contribution in [3.05, 3.63) is 46.9 Å². The lowest BCUT2D eigenvalue weighted by molar-refractivity contribution is 0.373. The second-order valence-electron chi connectivity index (χ2n) is 3.18. The maximum absolute atomic E-state index is 9.54. The van der Waals surface area contributed by atoms with Gasteiger partial charge in [0.1, 0.15) is 5.75 Å². The van der Waals surface area contributed by atoms with Gasteiger partial charge in [-0.15, -0.1) is 0 Å². The number of ether oxygens (including phenoxy) is 1. The molecule has 0 saturated carbocycles. The third kappa shape index (κ3) is 2.28. The molecule has 0 aliphatic heterocycles. The van der Waals surface area contributed by atoms with Crippen molar-refractivity contribution in [1.82, 2.24) is 0 Å². The number of para-hydroxylation sites is 1. The average molecular weight is 281 g/mol. The first kappa shape index (κ1) is 10.8. The van der Waals surface area contributed by atoms with Gasteiger partial charge in [0.25, 0.3) is 0 Å². The summed E-state index contributed by atoms with van der Waals surface area (Å²) in [5, 5.41) is 18.8. The number of phenolic OH excluding ortho intramolecular Hbond substituents is 2. The average Bonchev–Trinajstić information content (AvgIpc) is 2.25. The molecule has 0 atom stereocenters. The summed E-state index contributed by atoms with van der Waals surface area (Å²) >= 11 is 3.32. The molecular formula is C12H9BrO3. The number of aromatic hydroxyl groups is 2. The first-order valence-electron chi connectivity index (χ1n) is 4.61. The van der Waals surface area contributed by atoms with Crippen LogP contribution in [0, 0.1) is 0 Å². The molecule has 0 heterocycles. The van der Waals surface area contributed by atoms with Crippen molar-refractivity contribution in [1.29, 1.82) is 0 Å². The highest BCUT2D eigenvalue weighted by atomic mass is 79.9. The van der Waals surface area contributed by atoms with E-state index in [1.54, 1.807) is 24.3 Å². The lowest BCUT2D eigenvalue weighted by Gasteiger charge is -2.08. The van der Waals surface area contributed by atoms with Gasteiger partial charge >= 0.3 is 0 Å². The standard InChI is InChI=1S/C12H9BrO3/c13-8-3-1-4-9(7-8)16-11-6-2-5-10(14)12(11)15/h1-7,14-15H. The Labute approximate surface area is 101 Å². The van der Waals surface area contributed by atoms with Crippen LogP contribution in [0.2, 0.25) is 0 Å². The van der Waals surface area contributed by atoms with E-state index in [9.17, 15) is 10.2 Å². The van der Waals surface area contributed by atoms with Crippen molar-refractivity contribution in [3.63, 3.8) is 0 Å². The summed E-state index contributed by atoms with van der Waals surface area (Å²) in [6.45, 7) is 0. The van der Waals surface area contributed by atoms with Gasteiger partial charge in [-0.2, -0.15) is 0 Å². The Morgan fingerprint density at radius 2 is 1.75 bits per heavy atom. The van der Waals surface area contributed by atoms with Crippen molar-refractivity contribution in [3.8, 4) is 23.0 Å². The van der Waals surface area contributed by atoms with E-state index in [2.05, 4.69) is 15.9 Å². The first-order valence-corrected chi connectivity index (χ1v) is 5.40. The smallest absolute Gasteiger partial charge is 0.201 e. The van der Waals surface area contributed by atoms with Crippen LogP contribution >= 0.6 is 15.9 Å². The molecule has 0 aliphatic rings. The quantitative estimate of drug-likeness (QED) is 0.826. The predicted molar refractivity (Wildman–Crippen MR) is 64.0 cm³/mol. The maximum Gasteiger partial charge on any atom is 0.201 e. The van der Waals surface area contributed by atoms with Gasteiger partial charge in [-0.1, -0.05) is 28.1 Å². The monoisotopic (exact) mass is 280 g/mol. The van der Waals surface area contributed by atoms with Gasteiger partial charge in [-0.3, -0.25) is 0 Å². The number of hydrogen-bond donors (Lipinski definition) is 2. The van der Waals surface area contributed by atoms with Crippen molar-refractivity contribution < 1.29 is 14.9 Å². The number of phenols is 2. The summed E-state index contributed by atoms with van der Waals surface area (Å²) in [6, 6.07) is 11.8. The zero-order valence-corrected chi connectivity index (χ0v) is 9.81. The van der Waals surface area contributed by atoms with E-state index in [0.29, 0.717) is 5.75 Å². The minimum absolute atomic E-state index is 0.201. The maximum atomic E-state index is 9.54. The van der Waals surface area contributed by atoms with Crippen LogP contribution in [0.4, 0.5) is 0 Å². The van der Waals surface area contributed by atoms with E-state index in [1.165, 1.54) is 6.07 Å². The van der Waals surface area contributed by atoms with Gasteiger partial charge in [0.2, 0.25) is 5.75 Å². The first-order chi connectivity index (χ1) is 7.66. The summed E-state index contributed by atoms with van der Waals surface area (Å²) in [7, 11) is 0. The molecule has 0 spiro atoms. The van der Waals surface area contributed by atoms with Gasteiger partial charge in [-0.05, 0) is 30.3 Å². The topological polar surface area (TPSA) is 49.7 Å². The minimum Gasteiger partial charge on any atom is -0.504 e. The highest BCUT2D eigenvalue weighted by Crippen LogP contribution is 2.37. The third-order valence-corrected chi connectivity index (χ3v) is 2.49. The van der Waals surface area contributed by atoms with Gasteiger partial charge in [0.15, 0.2) is 11.5 Å². The molecule has 2 aromatic carbocycles. The Morgan fingerprint density at radius 3 is 2.50 bits per heavy atom. The normalized spacial score (nSPS) is 10.1. The summed E-state index contributed by atoms with van der Waals surface area (Å²) in [6.07, 6.45) is 0. The Balaban J connectivity index is 2.31. The van der Waals surface area contributed by atoms with Gasteiger partial charge in [-0.25, -0.2) is 0 Å². The molecule has 0 unspecified atom stereocenters. The van der Waals surface area contributed by atoms with E-state index >= 15 is 0 Å². The zero-order chi connectivity index (χ0) is 11.5. The zero-order valence-electron chi connectivity index (χ0n) is 8.22. The molecule has 82 valence electrons. The molecule has 2 rings (SSSR count). The van der Waals surface area contributed by atoms with Crippen molar-refractivity contribution in [2.75, 3.05) is 0 Å². The highest BCUT2D eigenvalue weighted by molar-refractivity contribution is 9.10. The summed E-state index contributed by atoms with van der Waals surface area (Å²) in [5.41, 5.74) is 0.